The first-order valence-corrected chi connectivity index (χ1v) is 5.23. The predicted molar refractivity (Wildman–Crippen MR) is 68.8 cm³/mol. The van der Waals surface area contributed by atoms with Crippen molar-refractivity contribution in [3.63, 3.8) is 0 Å². The minimum Gasteiger partial charge on any atom is -0.391 e. The molecule has 0 aliphatic rings. The second-order valence-corrected chi connectivity index (χ2v) is 3.83. The Balaban J connectivity index is 0.00000128. The second-order valence-electron chi connectivity index (χ2n) is 3.83. The van der Waals surface area contributed by atoms with Gasteiger partial charge in [-0.15, -0.1) is 12.4 Å². The van der Waals surface area contributed by atoms with Gasteiger partial charge in [-0.2, -0.15) is 0 Å². The van der Waals surface area contributed by atoms with Crippen molar-refractivity contribution >= 4 is 23.3 Å². The average Bonchev–Trinajstić information content (AvgIpc) is 2.73. The van der Waals surface area contributed by atoms with Gasteiger partial charge in [-0.3, -0.25) is 0 Å². The molecule has 0 saturated carbocycles. The number of fused-ring (bicyclic) bond motifs is 1. The summed E-state index contributed by atoms with van der Waals surface area (Å²) in [6, 6.07) is 7.70. The van der Waals surface area contributed by atoms with Crippen molar-refractivity contribution in [1.29, 1.82) is 0 Å². The molecule has 0 amide bonds. The Morgan fingerprint density at radius 3 is 2.81 bits per heavy atom. The number of aliphatic hydroxyl groups excluding tert-OH is 1. The van der Waals surface area contributed by atoms with Crippen LogP contribution in [0.2, 0.25) is 0 Å². The highest BCUT2D eigenvalue weighted by Crippen LogP contribution is 2.21. The van der Waals surface area contributed by atoms with Gasteiger partial charge >= 0.3 is 0 Å². The molecule has 3 nitrogen and oxygen atoms in total. The summed E-state index contributed by atoms with van der Waals surface area (Å²) in [5.74, 6) is 0. The standard InChI is InChI=1S/C12H16N2O.ClH/c1-2-11(15)12(13)9-4-3-8-5-6-14-10(8)7-9;/h3-7,11-12,14-15H,2,13H2,1H3;1H/t11-,12+;/m1./s1. The van der Waals surface area contributed by atoms with Gasteiger partial charge in [0.05, 0.1) is 12.1 Å². The van der Waals surface area contributed by atoms with E-state index in [1.165, 1.54) is 0 Å². The van der Waals surface area contributed by atoms with E-state index in [4.69, 9.17) is 5.73 Å². The number of hydrogen-bond acceptors (Lipinski definition) is 2. The number of aliphatic hydroxyl groups is 1. The summed E-state index contributed by atoms with van der Waals surface area (Å²) in [5.41, 5.74) is 7.98. The van der Waals surface area contributed by atoms with Crippen molar-refractivity contribution in [2.24, 2.45) is 5.73 Å². The van der Waals surface area contributed by atoms with Gasteiger partial charge in [0.1, 0.15) is 0 Å². The Hall–Kier alpha value is -1.03. The molecule has 1 aromatic heterocycles. The largest absolute Gasteiger partial charge is 0.391 e. The predicted octanol–water partition coefficient (Wildman–Crippen LogP) is 2.36. The zero-order valence-electron chi connectivity index (χ0n) is 9.18. The molecule has 0 aliphatic carbocycles. The lowest BCUT2D eigenvalue weighted by Crippen LogP contribution is -2.25. The third-order valence-corrected chi connectivity index (χ3v) is 2.80. The van der Waals surface area contributed by atoms with Gasteiger partial charge in [0.25, 0.3) is 0 Å². The van der Waals surface area contributed by atoms with Gasteiger partial charge in [-0.1, -0.05) is 19.1 Å². The van der Waals surface area contributed by atoms with Gasteiger partial charge in [0, 0.05) is 11.7 Å². The van der Waals surface area contributed by atoms with Crippen LogP contribution in [0, 0.1) is 0 Å². The summed E-state index contributed by atoms with van der Waals surface area (Å²) >= 11 is 0. The average molecular weight is 241 g/mol. The van der Waals surface area contributed by atoms with E-state index in [-0.39, 0.29) is 18.4 Å². The molecule has 0 radical (unpaired) electrons. The van der Waals surface area contributed by atoms with Crippen molar-refractivity contribution in [3.8, 4) is 0 Å². The maximum atomic E-state index is 9.67. The summed E-state index contributed by atoms with van der Waals surface area (Å²) in [6.45, 7) is 1.93. The number of H-pyrrole nitrogens is 1. The first kappa shape index (κ1) is 13.0. The van der Waals surface area contributed by atoms with E-state index < -0.39 is 6.10 Å². The molecule has 2 aromatic rings. The third-order valence-electron chi connectivity index (χ3n) is 2.80. The molecule has 16 heavy (non-hydrogen) atoms. The molecule has 4 N–H and O–H groups in total. The molecule has 2 rings (SSSR count). The number of aromatic amines is 1. The molecular weight excluding hydrogens is 224 g/mol. The number of aromatic nitrogens is 1. The molecule has 1 heterocycles. The van der Waals surface area contributed by atoms with Crippen LogP contribution in [0.15, 0.2) is 30.5 Å². The lowest BCUT2D eigenvalue weighted by Gasteiger charge is -2.17. The third kappa shape index (κ3) is 2.38. The van der Waals surface area contributed by atoms with Crippen LogP contribution >= 0.6 is 12.4 Å². The maximum absolute atomic E-state index is 9.67. The lowest BCUT2D eigenvalue weighted by atomic mass is 10.00. The monoisotopic (exact) mass is 240 g/mol. The minimum absolute atomic E-state index is 0. The highest BCUT2D eigenvalue weighted by molar-refractivity contribution is 5.85. The molecule has 0 spiro atoms. The van der Waals surface area contributed by atoms with Gasteiger partial charge in [-0.05, 0) is 29.5 Å². The molecule has 0 bridgehead atoms. The summed E-state index contributed by atoms with van der Waals surface area (Å²) in [7, 11) is 0. The Morgan fingerprint density at radius 2 is 2.12 bits per heavy atom. The van der Waals surface area contributed by atoms with Crippen LogP contribution in [0.25, 0.3) is 10.9 Å². The van der Waals surface area contributed by atoms with Crippen LogP contribution in [0.5, 0.6) is 0 Å². The zero-order valence-corrected chi connectivity index (χ0v) is 10.00. The molecule has 88 valence electrons. The Bertz CT molecular complexity index is 455. The summed E-state index contributed by atoms with van der Waals surface area (Å²) in [5, 5.41) is 10.8. The van der Waals surface area contributed by atoms with Crippen molar-refractivity contribution < 1.29 is 5.11 Å². The Kier molecular flexibility index (Phi) is 4.35. The van der Waals surface area contributed by atoms with Crippen LogP contribution < -0.4 is 5.73 Å². The van der Waals surface area contributed by atoms with E-state index in [0.717, 1.165) is 16.5 Å². The zero-order chi connectivity index (χ0) is 10.8. The van der Waals surface area contributed by atoms with Crippen LogP contribution in [-0.4, -0.2) is 16.2 Å². The number of benzene rings is 1. The van der Waals surface area contributed by atoms with E-state index in [1.807, 2.05) is 37.4 Å². The molecule has 1 aromatic carbocycles. The SMILES string of the molecule is CC[C@@H](O)[C@@H](N)c1ccc2cc[nH]c2c1.Cl. The fraction of sp³-hybridized carbons (Fsp3) is 0.333. The smallest absolute Gasteiger partial charge is 0.0730 e. The molecule has 0 saturated heterocycles. The summed E-state index contributed by atoms with van der Waals surface area (Å²) in [4.78, 5) is 3.13. The maximum Gasteiger partial charge on any atom is 0.0730 e. The van der Waals surface area contributed by atoms with Crippen LogP contribution in [0.3, 0.4) is 0 Å². The number of nitrogens with one attached hydrogen (secondary N) is 1. The molecule has 0 fully saturated rings. The van der Waals surface area contributed by atoms with E-state index in [0.29, 0.717) is 6.42 Å². The van der Waals surface area contributed by atoms with Crippen molar-refractivity contribution in [2.45, 2.75) is 25.5 Å². The molecule has 4 heteroatoms. The number of hydrogen-bond donors (Lipinski definition) is 3. The van der Waals surface area contributed by atoms with Crippen molar-refractivity contribution in [3.05, 3.63) is 36.0 Å². The second kappa shape index (κ2) is 5.34. The lowest BCUT2D eigenvalue weighted by molar-refractivity contribution is 0.141. The Morgan fingerprint density at radius 1 is 1.38 bits per heavy atom. The molecule has 0 unspecified atom stereocenters. The quantitative estimate of drug-likeness (QED) is 0.771. The van der Waals surface area contributed by atoms with Gasteiger partial charge in [0.15, 0.2) is 0 Å². The first-order chi connectivity index (χ1) is 7.22. The summed E-state index contributed by atoms with van der Waals surface area (Å²) < 4.78 is 0. The topological polar surface area (TPSA) is 62.0 Å². The molecule has 2 atom stereocenters. The minimum atomic E-state index is -0.475. The van der Waals surface area contributed by atoms with E-state index in [1.54, 1.807) is 0 Å². The fourth-order valence-electron chi connectivity index (χ4n) is 1.75. The molecular formula is C12H17ClN2O. The number of halogens is 1. The highest BCUT2D eigenvalue weighted by atomic mass is 35.5. The van der Waals surface area contributed by atoms with Gasteiger partial charge < -0.3 is 15.8 Å². The van der Waals surface area contributed by atoms with Crippen LogP contribution in [0.4, 0.5) is 0 Å². The highest BCUT2D eigenvalue weighted by Gasteiger charge is 2.14. The van der Waals surface area contributed by atoms with Crippen LogP contribution in [-0.2, 0) is 0 Å². The Labute approximate surface area is 101 Å². The van der Waals surface area contributed by atoms with Crippen LogP contribution in [0.1, 0.15) is 24.9 Å². The van der Waals surface area contributed by atoms with Crippen molar-refractivity contribution in [1.82, 2.24) is 4.98 Å². The van der Waals surface area contributed by atoms with E-state index in [9.17, 15) is 5.11 Å². The summed E-state index contributed by atoms with van der Waals surface area (Å²) in [6.07, 6.45) is 2.09. The van der Waals surface area contributed by atoms with E-state index in [2.05, 4.69) is 4.98 Å². The normalized spacial score (nSPS) is 14.4. The van der Waals surface area contributed by atoms with E-state index >= 15 is 0 Å². The number of nitrogens with two attached hydrogens (primary N) is 1. The first-order valence-electron chi connectivity index (χ1n) is 5.23. The molecule has 0 aliphatic heterocycles. The fourth-order valence-corrected chi connectivity index (χ4v) is 1.75. The van der Waals surface area contributed by atoms with Gasteiger partial charge in [-0.25, -0.2) is 0 Å². The van der Waals surface area contributed by atoms with Crippen molar-refractivity contribution in [2.75, 3.05) is 0 Å². The van der Waals surface area contributed by atoms with Gasteiger partial charge in [0.2, 0.25) is 0 Å². The number of rotatable bonds is 3.